The van der Waals surface area contributed by atoms with E-state index in [-0.39, 0.29) is 0 Å². The monoisotopic (exact) mass is 335 g/mol. The molecule has 0 amide bonds. The predicted molar refractivity (Wildman–Crippen MR) is 101 cm³/mol. The van der Waals surface area contributed by atoms with Gasteiger partial charge in [0.25, 0.3) is 0 Å². The van der Waals surface area contributed by atoms with E-state index in [0.29, 0.717) is 6.10 Å². The molecule has 4 rings (SSSR count). The first-order chi connectivity index (χ1) is 12.3. The van der Waals surface area contributed by atoms with Crippen LogP contribution in [-0.4, -0.2) is 30.0 Å². The van der Waals surface area contributed by atoms with Crippen LogP contribution in [0.15, 0.2) is 53.5 Å². The van der Waals surface area contributed by atoms with Crippen molar-refractivity contribution in [1.29, 1.82) is 0 Å². The zero-order valence-corrected chi connectivity index (χ0v) is 14.5. The van der Waals surface area contributed by atoms with Crippen molar-refractivity contribution in [1.82, 2.24) is 5.01 Å². The molecule has 4 heteroatoms. The van der Waals surface area contributed by atoms with Crippen LogP contribution in [0.1, 0.15) is 42.4 Å². The number of ether oxygens (including phenoxy) is 1. The summed E-state index contributed by atoms with van der Waals surface area (Å²) in [5.74, 6) is 7.82. The van der Waals surface area contributed by atoms with Gasteiger partial charge in [0.1, 0.15) is 11.6 Å². The zero-order valence-electron chi connectivity index (χ0n) is 14.5. The molecule has 0 bridgehead atoms. The molecular weight excluding hydrogens is 310 g/mol. The van der Waals surface area contributed by atoms with Gasteiger partial charge >= 0.3 is 0 Å². The second-order valence-corrected chi connectivity index (χ2v) is 6.94. The predicted octanol–water partition coefficient (Wildman–Crippen LogP) is 3.53. The summed E-state index contributed by atoms with van der Waals surface area (Å²) >= 11 is 0. The number of rotatable bonds is 5. The van der Waals surface area contributed by atoms with Crippen molar-refractivity contribution in [2.75, 3.05) is 13.1 Å². The number of hydrazine groups is 1. The fourth-order valence-electron chi connectivity index (χ4n) is 3.61. The SMILES string of the molecule is NN1CCN=C1c1ccc(Cc2ccc(OC3CCCC3)cc2)cc1. The number of hydrogen-bond acceptors (Lipinski definition) is 4. The molecule has 0 unspecified atom stereocenters. The van der Waals surface area contributed by atoms with Gasteiger partial charge in [-0.3, -0.25) is 10.0 Å². The van der Waals surface area contributed by atoms with E-state index in [9.17, 15) is 0 Å². The Morgan fingerprint density at radius 1 is 0.960 bits per heavy atom. The van der Waals surface area contributed by atoms with Gasteiger partial charge in [-0.15, -0.1) is 0 Å². The quantitative estimate of drug-likeness (QED) is 0.851. The average molecular weight is 335 g/mol. The number of aliphatic imine (C=N–C) groups is 1. The van der Waals surface area contributed by atoms with Gasteiger partial charge in [-0.1, -0.05) is 36.4 Å². The van der Waals surface area contributed by atoms with Gasteiger partial charge in [0, 0.05) is 5.56 Å². The van der Waals surface area contributed by atoms with Crippen LogP contribution in [0.5, 0.6) is 5.75 Å². The largest absolute Gasteiger partial charge is 0.490 e. The van der Waals surface area contributed by atoms with Crippen LogP contribution < -0.4 is 10.6 Å². The lowest BCUT2D eigenvalue weighted by molar-refractivity contribution is 0.210. The molecule has 2 aliphatic rings. The first-order valence-corrected chi connectivity index (χ1v) is 9.19. The van der Waals surface area contributed by atoms with Crippen LogP contribution in [0, 0.1) is 0 Å². The van der Waals surface area contributed by atoms with E-state index >= 15 is 0 Å². The standard InChI is InChI=1S/C21H25N3O/c22-24-14-13-23-21(24)18-9-5-16(6-10-18)15-17-7-11-20(12-8-17)25-19-3-1-2-4-19/h5-12,19H,1-4,13-15,22H2. The highest BCUT2D eigenvalue weighted by Crippen LogP contribution is 2.24. The van der Waals surface area contributed by atoms with E-state index in [1.807, 2.05) is 0 Å². The molecule has 25 heavy (non-hydrogen) atoms. The molecule has 1 saturated carbocycles. The smallest absolute Gasteiger partial charge is 0.145 e. The van der Waals surface area contributed by atoms with Crippen LogP contribution >= 0.6 is 0 Å². The van der Waals surface area contributed by atoms with Crippen molar-refractivity contribution < 1.29 is 4.74 Å². The maximum absolute atomic E-state index is 6.03. The molecule has 1 aliphatic heterocycles. The van der Waals surface area contributed by atoms with Crippen molar-refractivity contribution in [2.45, 2.75) is 38.2 Å². The Morgan fingerprint density at radius 3 is 2.20 bits per heavy atom. The van der Waals surface area contributed by atoms with E-state index in [2.05, 4.69) is 53.5 Å². The van der Waals surface area contributed by atoms with Crippen molar-refractivity contribution in [3.63, 3.8) is 0 Å². The molecule has 0 spiro atoms. The second kappa shape index (κ2) is 7.28. The summed E-state index contributed by atoms with van der Waals surface area (Å²) in [5.41, 5.74) is 3.67. The Balaban J connectivity index is 1.38. The van der Waals surface area contributed by atoms with Crippen LogP contribution in [0.25, 0.3) is 0 Å². The van der Waals surface area contributed by atoms with E-state index in [1.165, 1.54) is 36.8 Å². The van der Waals surface area contributed by atoms with Crippen LogP contribution in [0.2, 0.25) is 0 Å². The highest BCUT2D eigenvalue weighted by molar-refractivity contribution is 5.99. The van der Waals surface area contributed by atoms with Crippen molar-refractivity contribution >= 4 is 5.84 Å². The average Bonchev–Trinajstić information content (AvgIpc) is 3.29. The lowest BCUT2D eigenvalue weighted by Gasteiger charge is -2.14. The number of amidine groups is 1. The summed E-state index contributed by atoms with van der Waals surface area (Å²) in [6.07, 6.45) is 6.32. The topological polar surface area (TPSA) is 50.8 Å². The van der Waals surface area contributed by atoms with Gasteiger partial charge in [0.05, 0.1) is 19.2 Å². The molecular formula is C21H25N3O. The Hall–Kier alpha value is -2.33. The molecule has 1 heterocycles. The van der Waals surface area contributed by atoms with Gasteiger partial charge in [0.2, 0.25) is 0 Å². The van der Waals surface area contributed by atoms with Gasteiger partial charge in [0.15, 0.2) is 0 Å². The fraction of sp³-hybridized carbons (Fsp3) is 0.381. The molecule has 2 N–H and O–H groups in total. The number of benzene rings is 2. The minimum absolute atomic E-state index is 0.416. The molecule has 1 fully saturated rings. The summed E-state index contributed by atoms with van der Waals surface area (Å²) < 4.78 is 6.03. The molecule has 1 aliphatic carbocycles. The van der Waals surface area contributed by atoms with Gasteiger partial charge in [-0.2, -0.15) is 0 Å². The molecule has 0 radical (unpaired) electrons. The van der Waals surface area contributed by atoms with Gasteiger partial charge in [-0.05, 0) is 55.4 Å². The Bertz CT molecular complexity index is 731. The first kappa shape index (κ1) is 16.2. The normalized spacial score (nSPS) is 17.8. The maximum Gasteiger partial charge on any atom is 0.145 e. The van der Waals surface area contributed by atoms with E-state index in [0.717, 1.165) is 36.7 Å². The lowest BCUT2D eigenvalue weighted by atomic mass is 10.0. The molecule has 130 valence electrons. The molecule has 4 nitrogen and oxygen atoms in total. The van der Waals surface area contributed by atoms with Crippen LogP contribution in [0.4, 0.5) is 0 Å². The molecule has 2 aromatic carbocycles. The Morgan fingerprint density at radius 2 is 1.60 bits per heavy atom. The Kier molecular flexibility index (Phi) is 4.70. The highest BCUT2D eigenvalue weighted by atomic mass is 16.5. The summed E-state index contributed by atoms with van der Waals surface area (Å²) in [6, 6.07) is 17.1. The highest BCUT2D eigenvalue weighted by Gasteiger charge is 2.16. The third kappa shape index (κ3) is 3.85. The fourth-order valence-corrected chi connectivity index (χ4v) is 3.61. The Labute approximate surface area is 149 Å². The molecule has 0 saturated heterocycles. The number of hydrogen-bond donors (Lipinski definition) is 1. The first-order valence-electron chi connectivity index (χ1n) is 9.19. The van der Waals surface area contributed by atoms with Crippen molar-refractivity contribution in [2.24, 2.45) is 10.8 Å². The third-order valence-corrected chi connectivity index (χ3v) is 5.02. The zero-order chi connectivity index (χ0) is 17.1. The van der Waals surface area contributed by atoms with Gasteiger partial charge < -0.3 is 4.74 Å². The minimum Gasteiger partial charge on any atom is -0.490 e. The molecule has 0 atom stereocenters. The van der Waals surface area contributed by atoms with Crippen LogP contribution in [-0.2, 0) is 6.42 Å². The third-order valence-electron chi connectivity index (χ3n) is 5.02. The molecule has 2 aromatic rings. The maximum atomic E-state index is 6.03. The van der Waals surface area contributed by atoms with Crippen molar-refractivity contribution in [3.8, 4) is 5.75 Å². The van der Waals surface area contributed by atoms with Crippen LogP contribution in [0.3, 0.4) is 0 Å². The van der Waals surface area contributed by atoms with Gasteiger partial charge in [-0.25, -0.2) is 5.84 Å². The lowest BCUT2D eigenvalue weighted by Crippen LogP contribution is -2.34. The minimum atomic E-state index is 0.416. The van der Waals surface area contributed by atoms with E-state index in [1.54, 1.807) is 5.01 Å². The van der Waals surface area contributed by atoms with E-state index < -0.39 is 0 Å². The molecule has 0 aromatic heterocycles. The van der Waals surface area contributed by atoms with E-state index in [4.69, 9.17) is 10.6 Å². The number of nitrogens with two attached hydrogens (primary N) is 1. The second-order valence-electron chi connectivity index (χ2n) is 6.94. The summed E-state index contributed by atoms with van der Waals surface area (Å²) in [5, 5.41) is 1.72. The number of nitrogens with zero attached hydrogens (tertiary/aromatic N) is 2. The summed E-state index contributed by atoms with van der Waals surface area (Å²) in [6.45, 7) is 1.58. The summed E-state index contributed by atoms with van der Waals surface area (Å²) in [7, 11) is 0. The summed E-state index contributed by atoms with van der Waals surface area (Å²) in [4.78, 5) is 4.46. The van der Waals surface area contributed by atoms with Crippen molar-refractivity contribution in [3.05, 3.63) is 65.2 Å².